The lowest BCUT2D eigenvalue weighted by Gasteiger charge is -2.17. The smallest absolute Gasteiger partial charge is 0.252 e. The minimum Gasteiger partial charge on any atom is -0.351 e. The summed E-state index contributed by atoms with van der Waals surface area (Å²) in [5.41, 5.74) is 1.13. The van der Waals surface area contributed by atoms with Crippen LogP contribution in [-0.4, -0.2) is 12.5 Å². The van der Waals surface area contributed by atoms with Crippen LogP contribution < -0.4 is 5.32 Å². The predicted octanol–water partition coefficient (Wildman–Crippen LogP) is 4.08. The first-order valence-corrected chi connectivity index (χ1v) is 7.37. The van der Waals surface area contributed by atoms with Crippen molar-refractivity contribution in [1.82, 2.24) is 5.32 Å². The number of nitrogens with one attached hydrogen (secondary N) is 1. The molecule has 0 bridgehead atoms. The molecule has 2 nitrogen and oxygen atoms in total. The van der Waals surface area contributed by atoms with Gasteiger partial charge in [-0.1, -0.05) is 23.7 Å². The monoisotopic (exact) mass is 321 g/mol. The van der Waals surface area contributed by atoms with Crippen LogP contribution >= 0.6 is 11.6 Å². The molecule has 0 aliphatic heterocycles. The van der Waals surface area contributed by atoms with Crippen molar-refractivity contribution in [3.8, 4) is 0 Å². The van der Waals surface area contributed by atoms with Crippen molar-refractivity contribution in [2.45, 2.75) is 18.3 Å². The average molecular weight is 322 g/mol. The summed E-state index contributed by atoms with van der Waals surface area (Å²) in [7, 11) is 0. The molecule has 5 heteroatoms. The second-order valence-corrected chi connectivity index (χ2v) is 6.00. The molecule has 3 rings (SSSR count). The van der Waals surface area contributed by atoms with Gasteiger partial charge in [-0.05, 0) is 48.7 Å². The van der Waals surface area contributed by atoms with E-state index in [-0.39, 0.29) is 27.7 Å². The molecule has 0 heterocycles. The van der Waals surface area contributed by atoms with Crippen molar-refractivity contribution in [2.24, 2.45) is 0 Å². The van der Waals surface area contributed by atoms with Gasteiger partial charge in [-0.3, -0.25) is 4.79 Å². The molecule has 22 heavy (non-hydrogen) atoms. The maximum Gasteiger partial charge on any atom is 0.252 e. The van der Waals surface area contributed by atoms with Crippen molar-refractivity contribution in [2.75, 3.05) is 6.54 Å². The summed E-state index contributed by atoms with van der Waals surface area (Å²) >= 11 is 5.88. The largest absolute Gasteiger partial charge is 0.351 e. The molecule has 1 fully saturated rings. The maximum absolute atomic E-state index is 13.0. The van der Waals surface area contributed by atoms with E-state index in [9.17, 15) is 13.6 Å². The normalized spacial score (nSPS) is 15.4. The van der Waals surface area contributed by atoms with Gasteiger partial charge in [0.25, 0.3) is 5.91 Å². The molecule has 1 saturated carbocycles. The van der Waals surface area contributed by atoms with Crippen LogP contribution in [0.15, 0.2) is 42.5 Å². The lowest BCUT2D eigenvalue weighted by atomic mass is 9.96. The Morgan fingerprint density at radius 2 is 1.73 bits per heavy atom. The van der Waals surface area contributed by atoms with Gasteiger partial charge in [-0.25, -0.2) is 8.78 Å². The van der Waals surface area contributed by atoms with Gasteiger partial charge in [0.05, 0.1) is 10.6 Å². The molecular formula is C17H14ClF2NO. The Bertz CT molecular complexity index is 711. The van der Waals surface area contributed by atoms with Crippen LogP contribution in [0.5, 0.6) is 0 Å². The van der Waals surface area contributed by atoms with E-state index in [4.69, 9.17) is 11.6 Å². The van der Waals surface area contributed by atoms with Crippen LogP contribution in [-0.2, 0) is 5.41 Å². The third-order valence-electron chi connectivity index (χ3n) is 4.07. The number of benzene rings is 2. The fourth-order valence-electron chi connectivity index (χ4n) is 2.54. The molecule has 2 aromatic rings. The van der Waals surface area contributed by atoms with Crippen LogP contribution in [0.25, 0.3) is 0 Å². The van der Waals surface area contributed by atoms with Crippen molar-refractivity contribution in [3.63, 3.8) is 0 Å². The van der Waals surface area contributed by atoms with Crippen LogP contribution in [0.2, 0.25) is 5.02 Å². The SMILES string of the molecule is O=C(NCC1(c2ccc(F)cc2)CC1)c1ccc(F)cc1Cl. The molecular weight excluding hydrogens is 308 g/mol. The summed E-state index contributed by atoms with van der Waals surface area (Å²) in [5, 5.41) is 2.92. The Morgan fingerprint density at radius 3 is 2.32 bits per heavy atom. The Hall–Kier alpha value is -1.94. The molecule has 0 aromatic heterocycles. The Kier molecular flexibility index (Phi) is 3.87. The van der Waals surface area contributed by atoms with Crippen molar-refractivity contribution in [1.29, 1.82) is 0 Å². The fourth-order valence-corrected chi connectivity index (χ4v) is 2.79. The van der Waals surface area contributed by atoms with Crippen molar-refractivity contribution in [3.05, 3.63) is 70.2 Å². The highest BCUT2D eigenvalue weighted by molar-refractivity contribution is 6.33. The maximum atomic E-state index is 13.0. The van der Waals surface area contributed by atoms with Gasteiger partial charge in [-0.2, -0.15) is 0 Å². The lowest BCUT2D eigenvalue weighted by molar-refractivity contribution is 0.0950. The molecule has 1 aliphatic carbocycles. The summed E-state index contributed by atoms with van der Waals surface area (Å²) in [6.07, 6.45) is 1.88. The van der Waals surface area contributed by atoms with Gasteiger partial charge in [0.2, 0.25) is 0 Å². The van der Waals surface area contributed by atoms with Crippen molar-refractivity contribution < 1.29 is 13.6 Å². The zero-order chi connectivity index (χ0) is 15.7. The van der Waals surface area contributed by atoms with E-state index in [1.54, 1.807) is 12.1 Å². The second-order valence-electron chi connectivity index (χ2n) is 5.59. The summed E-state index contributed by atoms with van der Waals surface area (Å²) in [6, 6.07) is 10.0. The molecule has 0 atom stereocenters. The minimum atomic E-state index is -0.480. The lowest BCUT2D eigenvalue weighted by Crippen LogP contribution is -2.32. The molecule has 0 radical (unpaired) electrons. The highest BCUT2D eigenvalue weighted by atomic mass is 35.5. The first-order chi connectivity index (χ1) is 10.5. The summed E-state index contributed by atoms with van der Waals surface area (Å²) in [6.45, 7) is 0.450. The quantitative estimate of drug-likeness (QED) is 0.903. The topological polar surface area (TPSA) is 29.1 Å². The number of amides is 1. The number of carbonyl (C=O) groups is 1. The third kappa shape index (κ3) is 2.97. The number of hydrogen-bond donors (Lipinski definition) is 1. The molecule has 1 N–H and O–H groups in total. The van der Waals surface area contributed by atoms with E-state index in [0.717, 1.165) is 24.5 Å². The third-order valence-corrected chi connectivity index (χ3v) is 4.39. The highest BCUT2D eigenvalue weighted by Gasteiger charge is 2.44. The summed E-state index contributed by atoms with van der Waals surface area (Å²) in [5.74, 6) is -1.09. The highest BCUT2D eigenvalue weighted by Crippen LogP contribution is 2.47. The van der Waals surface area contributed by atoms with Crippen LogP contribution in [0.3, 0.4) is 0 Å². The number of carbonyl (C=O) groups excluding carboxylic acids is 1. The number of halogens is 3. The molecule has 0 spiro atoms. The van der Waals surface area contributed by atoms with Gasteiger partial charge in [-0.15, -0.1) is 0 Å². The summed E-state index contributed by atoms with van der Waals surface area (Å²) in [4.78, 5) is 12.2. The zero-order valence-corrected chi connectivity index (χ0v) is 12.5. The van der Waals surface area contributed by atoms with Crippen LogP contribution in [0, 0.1) is 11.6 Å². The van der Waals surface area contributed by atoms with E-state index in [1.807, 2.05) is 0 Å². The van der Waals surface area contributed by atoms with Gasteiger partial charge in [0, 0.05) is 12.0 Å². The second kappa shape index (κ2) is 5.69. The van der Waals surface area contributed by atoms with E-state index in [1.165, 1.54) is 24.3 Å². The minimum absolute atomic E-state index is 0.0872. The predicted molar refractivity (Wildman–Crippen MR) is 81.1 cm³/mol. The Labute approximate surface area is 132 Å². The average Bonchev–Trinajstić information content (AvgIpc) is 3.27. The molecule has 0 unspecified atom stereocenters. The molecule has 0 saturated heterocycles. The van der Waals surface area contributed by atoms with Crippen LogP contribution in [0.1, 0.15) is 28.8 Å². The Morgan fingerprint density at radius 1 is 1.09 bits per heavy atom. The van der Waals surface area contributed by atoms with E-state index >= 15 is 0 Å². The molecule has 1 amide bonds. The van der Waals surface area contributed by atoms with Gasteiger partial charge < -0.3 is 5.32 Å². The van der Waals surface area contributed by atoms with E-state index in [2.05, 4.69) is 5.32 Å². The number of hydrogen-bond acceptors (Lipinski definition) is 1. The van der Waals surface area contributed by atoms with Crippen LogP contribution in [0.4, 0.5) is 8.78 Å². The first kappa shape index (κ1) is 15.0. The van der Waals surface area contributed by atoms with Gasteiger partial charge in [0.1, 0.15) is 11.6 Å². The molecule has 1 aliphatic rings. The van der Waals surface area contributed by atoms with E-state index in [0.29, 0.717) is 6.54 Å². The molecule has 2 aromatic carbocycles. The molecule has 114 valence electrons. The fraction of sp³-hybridized carbons (Fsp3) is 0.235. The number of rotatable bonds is 4. The van der Waals surface area contributed by atoms with Gasteiger partial charge in [0.15, 0.2) is 0 Å². The zero-order valence-electron chi connectivity index (χ0n) is 11.7. The Balaban J connectivity index is 1.69. The van der Waals surface area contributed by atoms with Crippen molar-refractivity contribution >= 4 is 17.5 Å². The van der Waals surface area contributed by atoms with Gasteiger partial charge >= 0.3 is 0 Å². The summed E-state index contributed by atoms with van der Waals surface area (Å²) < 4.78 is 26.0. The standard InChI is InChI=1S/C17H14ClF2NO/c18-15-9-13(20)5-6-14(15)16(22)21-10-17(7-8-17)11-1-3-12(19)4-2-11/h1-6,9H,7-8,10H2,(H,21,22). The van der Waals surface area contributed by atoms with E-state index < -0.39 is 5.82 Å². The first-order valence-electron chi connectivity index (χ1n) is 6.99.